The van der Waals surface area contributed by atoms with Crippen LogP contribution >= 0.6 is 0 Å². The Morgan fingerprint density at radius 2 is 1.48 bits per heavy atom. The molecular weight excluding hydrogens is 268 g/mol. The van der Waals surface area contributed by atoms with Gasteiger partial charge in [0.1, 0.15) is 0 Å². The molecule has 0 bridgehead atoms. The Labute approximate surface area is 122 Å². The van der Waals surface area contributed by atoms with Crippen molar-refractivity contribution in [2.24, 2.45) is 17.2 Å². The van der Waals surface area contributed by atoms with E-state index in [1.807, 2.05) is 36.4 Å². The Balaban J connectivity index is 2.57. The monoisotopic (exact) mass is 286 g/mol. The first kappa shape index (κ1) is 14.8. The average molecular weight is 286 g/mol. The van der Waals surface area contributed by atoms with Crippen molar-refractivity contribution in [2.45, 2.75) is 6.54 Å². The maximum atomic E-state index is 11.2. The summed E-state index contributed by atoms with van der Waals surface area (Å²) in [4.78, 5) is 24.0. The van der Waals surface area contributed by atoms with E-state index in [1.54, 1.807) is 4.90 Å². The molecule has 6 heteroatoms. The van der Waals surface area contributed by atoms with E-state index < -0.39 is 11.8 Å². The molecule has 2 aromatic rings. The van der Waals surface area contributed by atoms with Crippen molar-refractivity contribution < 1.29 is 9.59 Å². The van der Waals surface area contributed by atoms with E-state index in [-0.39, 0.29) is 13.1 Å². The summed E-state index contributed by atoms with van der Waals surface area (Å²) in [5.41, 5.74) is 18.0. The first-order chi connectivity index (χ1) is 10.0. The van der Waals surface area contributed by atoms with Crippen LogP contribution in [0.1, 0.15) is 5.56 Å². The third kappa shape index (κ3) is 3.29. The molecule has 0 fully saturated rings. The number of amides is 2. The maximum Gasteiger partial charge on any atom is 0.236 e. The van der Waals surface area contributed by atoms with Gasteiger partial charge in [-0.1, -0.05) is 30.3 Å². The molecule has 0 heterocycles. The molecule has 2 aromatic carbocycles. The van der Waals surface area contributed by atoms with E-state index >= 15 is 0 Å². The van der Waals surface area contributed by atoms with Crippen LogP contribution in [0, 0.1) is 0 Å². The summed E-state index contributed by atoms with van der Waals surface area (Å²) in [6, 6.07) is 11.4. The molecule has 0 atom stereocenters. The van der Waals surface area contributed by atoms with E-state index in [9.17, 15) is 9.59 Å². The fourth-order valence-corrected chi connectivity index (χ4v) is 2.40. The number of hydrogen-bond donors (Lipinski definition) is 3. The van der Waals surface area contributed by atoms with Gasteiger partial charge in [-0.25, -0.2) is 0 Å². The minimum Gasteiger partial charge on any atom is -0.368 e. The highest BCUT2D eigenvalue weighted by Crippen LogP contribution is 2.29. The molecule has 0 aliphatic rings. The number of anilines is 1. The molecule has 6 N–H and O–H groups in total. The van der Waals surface area contributed by atoms with Crippen LogP contribution in [0.2, 0.25) is 0 Å². The molecule has 0 radical (unpaired) electrons. The van der Waals surface area contributed by atoms with E-state index in [0.29, 0.717) is 6.54 Å². The van der Waals surface area contributed by atoms with Gasteiger partial charge in [-0.15, -0.1) is 0 Å². The van der Waals surface area contributed by atoms with E-state index in [1.165, 1.54) is 0 Å². The first-order valence-electron chi connectivity index (χ1n) is 6.55. The van der Waals surface area contributed by atoms with Crippen LogP contribution in [-0.4, -0.2) is 24.9 Å². The summed E-state index contributed by atoms with van der Waals surface area (Å²) in [6.45, 7) is 0.260. The summed E-state index contributed by atoms with van der Waals surface area (Å²) < 4.78 is 0. The van der Waals surface area contributed by atoms with Crippen LogP contribution in [0.15, 0.2) is 36.4 Å². The van der Waals surface area contributed by atoms with Crippen molar-refractivity contribution in [2.75, 3.05) is 18.0 Å². The van der Waals surface area contributed by atoms with Crippen molar-refractivity contribution in [1.29, 1.82) is 0 Å². The van der Waals surface area contributed by atoms with Crippen molar-refractivity contribution in [1.82, 2.24) is 0 Å². The van der Waals surface area contributed by atoms with Gasteiger partial charge in [0.15, 0.2) is 0 Å². The van der Waals surface area contributed by atoms with Crippen molar-refractivity contribution >= 4 is 28.3 Å². The molecule has 0 saturated heterocycles. The summed E-state index contributed by atoms with van der Waals surface area (Å²) in [5, 5.41) is 1.89. The highest BCUT2D eigenvalue weighted by molar-refractivity contribution is 5.99. The lowest BCUT2D eigenvalue weighted by molar-refractivity contribution is -0.117. The first-order valence-corrected chi connectivity index (χ1v) is 6.55. The fourth-order valence-electron chi connectivity index (χ4n) is 2.40. The molecular formula is C15H18N4O2. The summed E-state index contributed by atoms with van der Waals surface area (Å²) >= 11 is 0. The minimum atomic E-state index is -0.525. The number of carbonyl (C=O) groups is 2. The summed E-state index contributed by atoms with van der Waals surface area (Å²) in [6.07, 6.45) is 0. The fraction of sp³-hybridized carbons (Fsp3) is 0.200. The zero-order chi connectivity index (χ0) is 15.4. The molecule has 0 unspecified atom stereocenters. The number of benzene rings is 2. The number of nitrogens with two attached hydrogens (primary N) is 3. The minimum absolute atomic E-state index is 0.0745. The second-order valence-corrected chi connectivity index (χ2v) is 4.78. The molecule has 0 aromatic heterocycles. The summed E-state index contributed by atoms with van der Waals surface area (Å²) in [5.74, 6) is -1.05. The lowest BCUT2D eigenvalue weighted by Gasteiger charge is -2.24. The Kier molecular flexibility index (Phi) is 4.39. The van der Waals surface area contributed by atoms with Crippen LogP contribution in [0.4, 0.5) is 5.69 Å². The Morgan fingerprint density at radius 3 is 2.00 bits per heavy atom. The van der Waals surface area contributed by atoms with Crippen LogP contribution in [0.3, 0.4) is 0 Å². The zero-order valence-corrected chi connectivity index (χ0v) is 11.6. The number of rotatable bonds is 6. The topological polar surface area (TPSA) is 115 Å². The van der Waals surface area contributed by atoms with Gasteiger partial charge in [0.25, 0.3) is 0 Å². The second kappa shape index (κ2) is 6.23. The molecule has 0 spiro atoms. The number of primary amides is 2. The number of nitrogens with zero attached hydrogens (tertiary/aromatic N) is 1. The highest BCUT2D eigenvalue weighted by atomic mass is 16.2. The van der Waals surface area contributed by atoms with Crippen LogP contribution in [0.5, 0.6) is 0 Å². The zero-order valence-electron chi connectivity index (χ0n) is 11.6. The van der Waals surface area contributed by atoms with E-state index in [0.717, 1.165) is 22.0 Å². The second-order valence-electron chi connectivity index (χ2n) is 4.78. The molecule has 21 heavy (non-hydrogen) atoms. The van der Waals surface area contributed by atoms with Crippen molar-refractivity contribution in [3.63, 3.8) is 0 Å². The molecule has 0 aliphatic carbocycles. The lowest BCUT2D eigenvalue weighted by Crippen LogP contribution is -2.39. The SMILES string of the molecule is NCc1ccc(N(CC(N)=O)CC(N)=O)c2ccccc12. The molecule has 110 valence electrons. The number of hydrogen-bond acceptors (Lipinski definition) is 4. The quantitative estimate of drug-likeness (QED) is 0.697. The third-order valence-corrected chi connectivity index (χ3v) is 3.25. The van der Waals surface area contributed by atoms with Gasteiger partial charge >= 0.3 is 0 Å². The predicted molar refractivity (Wildman–Crippen MR) is 82.4 cm³/mol. The normalized spacial score (nSPS) is 10.5. The van der Waals surface area contributed by atoms with Crippen molar-refractivity contribution in [3.05, 3.63) is 42.0 Å². The van der Waals surface area contributed by atoms with Gasteiger partial charge < -0.3 is 22.1 Å². The van der Waals surface area contributed by atoms with Crippen LogP contribution in [0.25, 0.3) is 10.8 Å². The molecule has 0 aliphatic heterocycles. The average Bonchev–Trinajstić information content (AvgIpc) is 2.44. The Bertz CT molecular complexity index is 668. The van der Waals surface area contributed by atoms with Crippen molar-refractivity contribution in [3.8, 4) is 0 Å². The van der Waals surface area contributed by atoms with Crippen LogP contribution < -0.4 is 22.1 Å². The number of fused-ring (bicyclic) bond motifs is 1. The van der Waals surface area contributed by atoms with Gasteiger partial charge in [0, 0.05) is 17.6 Å². The predicted octanol–water partition coefficient (Wildman–Crippen LogP) is 0.0755. The molecule has 2 rings (SSSR count). The van der Waals surface area contributed by atoms with Gasteiger partial charge in [-0.2, -0.15) is 0 Å². The smallest absolute Gasteiger partial charge is 0.236 e. The van der Waals surface area contributed by atoms with E-state index in [4.69, 9.17) is 17.2 Å². The Hall–Kier alpha value is -2.60. The summed E-state index contributed by atoms with van der Waals surface area (Å²) in [7, 11) is 0. The standard InChI is InChI=1S/C15H18N4O2/c16-7-10-5-6-13(12-4-2-1-3-11(10)12)19(8-14(17)20)9-15(18)21/h1-6H,7-9,16H2,(H2,17,20)(H2,18,21). The van der Waals surface area contributed by atoms with E-state index in [2.05, 4.69) is 0 Å². The number of carbonyl (C=O) groups excluding carboxylic acids is 2. The Morgan fingerprint density at radius 1 is 0.905 bits per heavy atom. The van der Waals surface area contributed by atoms with Gasteiger partial charge in [-0.05, 0) is 17.0 Å². The van der Waals surface area contributed by atoms with Gasteiger partial charge in [0.2, 0.25) is 11.8 Å². The molecule has 6 nitrogen and oxygen atoms in total. The van der Waals surface area contributed by atoms with Crippen LogP contribution in [-0.2, 0) is 16.1 Å². The highest BCUT2D eigenvalue weighted by Gasteiger charge is 2.15. The third-order valence-electron chi connectivity index (χ3n) is 3.25. The molecule has 2 amide bonds. The maximum absolute atomic E-state index is 11.2. The lowest BCUT2D eigenvalue weighted by atomic mass is 10.0. The van der Waals surface area contributed by atoms with Gasteiger partial charge in [-0.3, -0.25) is 9.59 Å². The van der Waals surface area contributed by atoms with Gasteiger partial charge in [0.05, 0.1) is 13.1 Å². The largest absolute Gasteiger partial charge is 0.368 e. The molecule has 0 saturated carbocycles.